The van der Waals surface area contributed by atoms with E-state index in [1.54, 1.807) is 0 Å². The molecule has 0 spiro atoms. The first kappa shape index (κ1) is 15.8. The molecule has 0 aliphatic rings. The minimum atomic E-state index is -4.38. The summed E-state index contributed by atoms with van der Waals surface area (Å²) in [5.74, 6) is -0.197. The van der Waals surface area contributed by atoms with Crippen molar-refractivity contribution in [3.63, 3.8) is 0 Å². The molecule has 1 N–H and O–H groups in total. The van der Waals surface area contributed by atoms with Crippen molar-refractivity contribution in [3.8, 4) is 0 Å². The van der Waals surface area contributed by atoms with Gasteiger partial charge in [0.1, 0.15) is 0 Å². The molecule has 0 fully saturated rings. The van der Waals surface area contributed by atoms with Gasteiger partial charge in [0, 0.05) is 6.42 Å². The Morgan fingerprint density at radius 2 is 1.95 bits per heavy atom. The number of benzene rings is 1. The molecule has 0 saturated heterocycles. The Balaban J connectivity index is 2.21. The van der Waals surface area contributed by atoms with Crippen LogP contribution in [0.1, 0.15) is 32.8 Å². The lowest BCUT2D eigenvalue weighted by molar-refractivity contribution is -0.137. The molecule has 1 heterocycles. The quantitative estimate of drug-likeness (QED) is 0.873. The fourth-order valence-electron chi connectivity index (χ4n) is 1.80. The molecule has 21 heavy (non-hydrogen) atoms. The molecule has 7 heteroatoms. The number of hydrogen-bond donors (Lipinski definition) is 1. The van der Waals surface area contributed by atoms with Crippen molar-refractivity contribution in [2.24, 2.45) is 5.41 Å². The van der Waals surface area contributed by atoms with Gasteiger partial charge in [-0.05, 0) is 23.6 Å². The van der Waals surface area contributed by atoms with Crippen LogP contribution in [0.4, 0.5) is 18.3 Å². The fraction of sp³-hybridized carbons (Fsp3) is 0.429. The number of aromatic nitrogens is 1. The van der Waals surface area contributed by atoms with E-state index in [-0.39, 0.29) is 11.3 Å². The van der Waals surface area contributed by atoms with Crippen molar-refractivity contribution in [1.82, 2.24) is 4.98 Å². The summed E-state index contributed by atoms with van der Waals surface area (Å²) in [6, 6.07) is 3.35. The first-order chi connectivity index (χ1) is 9.54. The maximum Gasteiger partial charge on any atom is 0.416 e. The van der Waals surface area contributed by atoms with Gasteiger partial charge in [0.25, 0.3) is 0 Å². The lowest BCUT2D eigenvalue weighted by Crippen LogP contribution is -2.19. The number of nitrogens with zero attached hydrogens (tertiary/aromatic N) is 1. The van der Waals surface area contributed by atoms with Gasteiger partial charge in [-0.15, -0.1) is 0 Å². The highest BCUT2D eigenvalue weighted by atomic mass is 32.1. The summed E-state index contributed by atoms with van der Waals surface area (Å²) >= 11 is 1.04. The molecule has 0 atom stereocenters. The van der Waals surface area contributed by atoms with Crippen molar-refractivity contribution < 1.29 is 18.0 Å². The normalized spacial score (nSPS) is 12.7. The number of thiazole rings is 1. The summed E-state index contributed by atoms with van der Waals surface area (Å²) in [5, 5.41) is 2.95. The second kappa shape index (κ2) is 5.29. The van der Waals surface area contributed by atoms with E-state index in [1.807, 2.05) is 20.8 Å². The van der Waals surface area contributed by atoms with Crippen LogP contribution in [0, 0.1) is 5.41 Å². The van der Waals surface area contributed by atoms with E-state index in [2.05, 4.69) is 10.3 Å². The molecule has 2 rings (SSSR count). The second-order valence-corrected chi connectivity index (χ2v) is 7.02. The molecule has 0 radical (unpaired) electrons. The number of rotatable bonds is 2. The van der Waals surface area contributed by atoms with E-state index < -0.39 is 11.7 Å². The highest BCUT2D eigenvalue weighted by Crippen LogP contribution is 2.34. The van der Waals surface area contributed by atoms with Gasteiger partial charge in [0.2, 0.25) is 5.91 Å². The van der Waals surface area contributed by atoms with Crippen molar-refractivity contribution in [3.05, 3.63) is 23.8 Å². The number of amides is 1. The number of hydrogen-bond acceptors (Lipinski definition) is 3. The van der Waals surface area contributed by atoms with Crippen LogP contribution in [-0.4, -0.2) is 10.9 Å². The molecular weight excluding hydrogens is 301 g/mol. The van der Waals surface area contributed by atoms with Crippen molar-refractivity contribution >= 4 is 32.6 Å². The van der Waals surface area contributed by atoms with Crippen LogP contribution in [0.25, 0.3) is 10.2 Å². The van der Waals surface area contributed by atoms with Crippen molar-refractivity contribution in [2.45, 2.75) is 33.4 Å². The summed E-state index contributed by atoms with van der Waals surface area (Å²) in [6.07, 6.45) is -4.06. The predicted octanol–water partition coefficient (Wildman–Crippen LogP) is 4.69. The Morgan fingerprint density at radius 3 is 2.52 bits per heavy atom. The Bertz CT molecular complexity index is 671. The zero-order valence-electron chi connectivity index (χ0n) is 11.8. The summed E-state index contributed by atoms with van der Waals surface area (Å²) in [5.41, 5.74) is -0.435. The number of carbonyl (C=O) groups is 1. The summed E-state index contributed by atoms with van der Waals surface area (Å²) < 4.78 is 38.3. The Kier molecular flexibility index (Phi) is 3.97. The molecule has 1 amide bonds. The topological polar surface area (TPSA) is 42.0 Å². The summed E-state index contributed by atoms with van der Waals surface area (Å²) in [6.45, 7) is 5.79. The zero-order valence-corrected chi connectivity index (χ0v) is 12.7. The molecule has 0 bridgehead atoms. The van der Waals surface area contributed by atoms with Gasteiger partial charge in [-0.2, -0.15) is 13.2 Å². The van der Waals surface area contributed by atoms with E-state index in [4.69, 9.17) is 0 Å². The largest absolute Gasteiger partial charge is 0.416 e. The van der Waals surface area contributed by atoms with E-state index in [0.29, 0.717) is 21.8 Å². The molecule has 114 valence electrons. The van der Waals surface area contributed by atoms with Crippen LogP contribution in [0.3, 0.4) is 0 Å². The van der Waals surface area contributed by atoms with Crippen LogP contribution in [-0.2, 0) is 11.0 Å². The number of fused-ring (bicyclic) bond motifs is 1. The molecule has 3 nitrogen and oxygen atoms in total. The van der Waals surface area contributed by atoms with E-state index >= 15 is 0 Å². The number of anilines is 1. The minimum absolute atomic E-state index is 0.162. The average Bonchev–Trinajstić information content (AvgIpc) is 2.65. The summed E-state index contributed by atoms with van der Waals surface area (Å²) in [7, 11) is 0. The number of nitrogens with one attached hydrogen (secondary N) is 1. The van der Waals surface area contributed by atoms with Crippen molar-refractivity contribution in [2.75, 3.05) is 5.32 Å². The Labute approximate surface area is 124 Å². The van der Waals surface area contributed by atoms with E-state index in [1.165, 1.54) is 6.07 Å². The number of carbonyl (C=O) groups excluding carboxylic acids is 1. The standard InChI is InChI=1S/C14H15F3N2OS/c1-13(2,3)7-11(20)19-12-18-9-5-4-8(14(15,16)17)6-10(9)21-12/h4-6H,7H2,1-3H3,(H,18,19,20). The van der Waals surface area contributed by atoms with Crippen LogP contribution >= 0.6 is 11.3 Å². The van der Waals surface area contributed by atoms with Gasteiger partial charge in [0.05, 0.1) is 15.8 Å². The minimum Gasteiger partial charge on any atom is -0.302 e. The smallest absolute Gasteiger partial charge is 0.302 e. The maximum atomic E-state index is 12.6. The number of halogens is 3. The first-order valence-corrected chi connectivity index (χ1v) is 7.14. The lowest BCUT2D eigenvalue weighted by atomic mass is 9.92. The average molecular weight is 316 g/mol. The van der Waals surface area contributed by atoms with Gasteiger partial charge in [-0.25, -0.2) is 4.98 Å². The maximum absolute atomic E-state index is 12.6. The van der Waals surface area contributed by atoms with Crippen molar-refractivity contribution in [1.29, 1.82) is 0 Å². The SMILES string of the molecule is CC(C)(C)CC(=O)Nc1nc2ccc(C(F)(F)F)cc2s1. The summed E-state index contributed by atoms with van der Waals surface area (Å²) in [4.78, 5) is 15.9. The molecule has 1 aromatic carbocycles. The third kappa shape index (κ3) is 4.17. The van der Waals surface area contributed by atoms with Gasteiger partial charge in [-0.3, -0.25) is 4.79 Å². The van der Waals surface area contributed by atoms with E-state index in [0.717, 1.165) is 23.5 Å². The molecule has 2 aromatic rings. The molecule has 0 aliphatic heterocycles. The van der Waals surface area contributed by atoms with Crippen LogP contribution in [0.5, 0.6) is 0 Å². The Hall–Kier alpha value is -1.63. The third-order valence-electron chi connectivity index (χ3n) is 2.65. The first-order valence-electron chi connectivity index (χ1n) is 6.32. The highest BCUT2D eigenvalue weighted by molar-refractivity contribution is 7.22. The van der Waals surface area contributed by atoms with Gasteiger partial charge < -0.3 is 5.32 Å². The number of alkyl halides is 3. The molecule has 0 aliphatic carbocycles. The Morgan fingerprint density at radius 1 is 1.29 bits per heavy atom. The van der Waals surface area contributed by atoms with Gasteiger partial charge >= 0.3 is 6.18 Å². The molecular formula is C14H15F3N2OS. The molecule has 0 saturated carbocycles. The van der Waals surface area contributed by atoms with E-state index in [9.17, 15) is 18.0 Å². The van der Waals surface area contributed by atoms with Gasteiger partial charge in [-0.1, -0.05) is 32.1 Å². The predicted molar refractivity (Wildman–Crippen MR) is 77.3 cm³/mol. The van der Waals surface area contributed by atoms with Crippen LogP contribution in [0.2, 0.25) is 0 Å². The van der Waals surface area contributed by atoms with Gasteiger partial charge in [0.15, 0.2) is 5.13 Å². The molecule has 0 unspecified atom stereocenters. The monoisotopic (exact) mass is 316 g/mol. The van der Waals surface area contributed by atoms with Crippen LogP contribution < -0.4 is 5.32 Å². The fourth-order valence-corrected chi connectivity index (χ4v) is 2.72. The highest BCUT2D eigenvalue weighted by Gasteiger charge is 2.30. The zero-order chi connectivity index (χ0) is 15.8. The third-order valence-corrected chi connectivity index (χ3v) is 3.59. The molecule has 1 aromatic heterocycles. The second-order valence-electron chi connectivity index (χ2n) is 5.98. The van der Waals surface area contributed by atoms with Crippen LogP contribution in [0.15, 0.2) is 18.2 Å². The lowest BCUT2D eigenvalue weighted by Gasteiger charge is -2.16.